The van der Waals surface area contributed by atoms with Crippen LogP contribution in [-0.2, 0) is 4.74 Å². The van der Waals surface area contributed by atoms with Gasteiger partial charge in [0.1, 0.15) is 0 Å². The van der Waals surface area contributed by atoms with Gasteiger partial charge in [-0.2, -0.15) is 0 Å². The van der Waals surface area contributed by atoms with Gasteiger partial charge in [0.25, 0.3) is 0 Å². The molecular weight excluding hydrogens is 294 g/mol. The van der Waals surface area contributed by atoms with Crippen molar-refractivity contribution >= 4 is 5.71 Å². The van der Waals surface area contributed by atoms with Crippen LogP contribution in [0, 0.1) is 46.3 Å². The Labute approximate surface area is 145 Å². The fourth-order valence-electron chi connectivity index (χ4n) is 8.28. The third-order valence-corrected chi connectivity index (χ3v) is 9.12. The Morgan fingerprint density at radius 3 is 2.88 bits per heavy atom. The fraction of sp³-hybridized carbons (Fsp3) is 0.773. The number of nitrogens with one attached hydrogen (secondary N) is 1. The Kier molecular flexibility index (Phi) is 2.64. The minimum atomic E-state index is 0.0953. The predicted molar refractivity (Wildman–Crippen MR) is 95.0 cm³/mol. The smallest absolute Gasteiger partial charge is 0.0954 e. The molecule has 24 heavy (non-hydrogen) atoms. The average Bonchev–Trinajstić information content (AvgIpc) is 3.13. The zero-order valence-corrected chi connectivity index (χ0v) is 14.8. The second-order valence-electron chi connectivity index (χ2n) is 9.75. The summed E-state index contributed by atoms with van der Waals surface area (Å²) in [5.74, 6) is 5.28. The largest absolute Gasteiger partial charge is 0.366 e. The Bertz CT molecular complexity index is 677. The molecule has 0 radical (unpaired) electrons. The van der Waals surface area contributed by atoms with Crippen LogP contribution in [0.1, 0.15) is 51.9 Å². The molecule has 4 fully saturated rings. The number of hydrogen-bond donors (Lipinski definition) is 1. The van der Waals surface area contributed by atoms with Gasteiger partial charge in [0.2, 0.25) is 0 Å². The lowest BCUT2D eigenvalue weighted by atomic mass is 9.49. The molecule has 8 atom stereocenters. The van der Waals surface area contributed by atoms with E-state index in [2.05, 4.69) is 25.2 Å². The second kappa shape index (κ2) is 4.44. The molecule has 1 N–H and O–H groups in total. The first kappa shape index (κ1) is 14.3. The topological polar surface area (TPSA) is 33.1 Å². The second-order valence-corrected chi connectivity index (χ2v) is 9.75. The van der Waals surface area contributed by atoms with Crippen LogP contribution in [0.3, 0.4) is 0 Å². The summed E-state index contributed by atoms with van der Waals surface area (Å²) in [6, 6.07) is 0. The number of ether oxygens (including phenoxy) is 1. The maximum Gasteiger partial charge on any atom is 0.0954 e. The summed E-state index contributed by atoms with van der Waals surface area (Å²) in [6.45, 7) is 3.43. The van der Waals surface area contributed by atoms with E-state index in [4.69, 9.17) is 10.1 Å². The number of rotatable bonds is 0. The third kappa shape index (κ3) is 1.51. The summed E-state index contributed by atoms with van der Waals surface area (Å²) in [6.07, 6.45) is 16.1. The van der Waals surface area contributed by atoms with E-state index in [1.165, 1.54) is 38.5 Å². The van der Waals surface area contributed by atoms with Gasteiger partial charge in [0, 0.05) is 11.1 Å². The zero-order chi connectivity index (χ0) is 16.1. The normalized spacial score (nSPS) is 57.2. The Hall–Kier alpha value is -0.890. The molecule has 4 saturated carbocycles. The van der Waals surface area contributed by atoms with Crippen molar-refractivity contribution in [3.8, 4) is 0 Å². The summed E-state index contributed by atoms with van der Waals surface area (Å²) >= 11 is 0. The van der Waals surface area contributed by atoms with Crippen LogP contribution in [0.15, 0.2) is 23.8 Å². The summed E-state index contributed by atoms with van der Waals surface area (Å²) in [4.78, 5) is 0. The molecule has 2 nitrogen and oxygen atoms in total. The minimum absolute atomic E-state index is 0.0953. The molecule has 6 rings (SSSR count). The maximum absolute atomic E-state index is 8.04. The van der Waals surface area contributed by atoms with Crippen molar-refractivity contribution in [2.24, 2.45) is 40.9 Å². The molecule has 0 saturated heterocycles. The zero-order valence-electron chi connectivity index (χ0n) is 14.8. The van der Waals surface area contributed by atoms with Crippen LogP contribution in [0.25, 0.3) is 0 Å². The molecule has 6 aliphatic rings. The summed E-state index contributed by atoms with van der Waals surface area (Å²) in [7, 11) is 0. The highest BCUT2D eigenvalue weighted by Gasteiger charge is 2.76. The molecule has 1 heterocycles. The van der Waals surface area contributed by atoms with Gasteiger partial charge in [0.05, 0.1) is 12.2 Å². The first-order valence-electron chi connectivity index (χ1n) is 10.2. The van der Waals surface area contributed by atoms with E-state index in [1.54, 1.807) is 5.57 Å². The van der Waals surface area contributed by atoms with Crippen molar-refractivity contribution in [1.82, 2.24) is 0 Å². The van der Waals surface area contributed by atoms with Crippen molar-refractivity contribution < 1.29 is 4.74 Å². The van der Waals surface area contributed by atoms with E-state index in [9.17, 15) is 0 Å². The van der Waals surface area contributed by atoms with Crippen LogP contribution in [0.4, 0.5) is 0 Å². The van der Waals surface area contributed by atoms with Gasteiger partial charge >= 0.3 is 0 Å². The van der Waals surface area contributed by atoms with Gasteiger partial charge < -0.3 is 10.1 Å². The Balaban J connectivity index is 1.38. The van der Waals surface area contributed by atoms with Gasteiger partial charge in [-0.15, -0.1) is 0 Å². The van der Waals surface area contributed by atoms with Crippen LogP contribution >= 0.6 is 0 Å². The van der Waals surface area contributed by atoms with Crippen molar-refractivity contribution in [3.63, 3.8) is 0 Å². The minimum Gasteiger partial charge on any atom is -0.366 e. The standard InChI is InChI=1S/C22H29NO/c1-21-9-7-16-15-6-4-14(23)11-13(15)3-5-17(16)20(21)18-12-19(18)22(21)8-2-10-24-22/h2,8,11,15-20,23H,3-7,9-10,12H2,1H3/t15-,16?,17?,18?,19?,20?,21-,22-/m0/s1. The molecule has 5 aliphatic carbocycles. The van der Waals surface area contributed by atoms with Crippen molar-refractivity contribution in [3.05, 3.63) is 23.8 Å². The van der Waals surface area contributed by atoms with Gasteiger partial charge in [-0.3, -0.25) is 0 Å². The number of fused-ring (bicyclic) bond motifs is 9. The Morgan fingerprint density at radius 2 is 2.04 bits per heavy atom. The van der Waals surface area contributed by atoms with E-state index in [0.29, 0.717) is 5.41 Å². The highest BCUT2D eigenvalue weighted by atomic mass is 16.5. The molecular formula is C22H29NO. The lowest BCUT2D eigenvalue weighted by Crippen LogP contribution is -2.54. The summed E-state index contributed by atoms with van der Waals surface area (Å²) in [5, 5.41) is 8.04. The lowest BCUT2D eigenvalue weighted by Gasteiger charge is -2.57. The quantitative estimate of drug-likeness (QED) is 0.641. The average molecular weight is 323 g/mol. The summed E-state index contributed by atoms with van der Waals surface area (Å²) in [5.41, 5.74) is 3.00. The van der Waals surface area contributed by atoms with Crippen molar-refractivity contribution in [2.75, 3.05) is 6.61 Å². The van der Waals surface area contributed by atoms with Crippen LogP contribution in [0.5, 0.6) is 0 Å². The lowest BCUT2D eigenvalue weighted by molar-refractivity contribution is -0.130. The van der Waals surface area contributed by atoms with E-state index in [1.807, 2.05) is 0 Å². The van der Waals surface area contributed by atoms with E-state index in [-0.39, 0.29) is 5.60 Å². The van der Waals surface area contributed by atoms with Crippen molar-refractivity contribution in [1.29, 1.82) is 5.41 Å². The SMILES string of the molecule is C[C@]12CCC3C(CCC4=CC(=N)CC[C@@H]43)C1C1CC1[C@@]21C=CCO1. The van der Waals surface area contributed by atoms with Gasteiger partial charge in [-0.05, 0) is 86.5 Å². The highest BCUT2D eigenvalue weighted by Crippen LogP contribution is 2.77. The van der Waals surface area contributed by atoms with Crippen LogP contribution in [0.2, 0.25) is 0 Å². The summed E-state index contributed by atoms with van der Waals surface area (Å²) < 4.78 is 6.48. The van der Waals surface area contributed by atoms with E-state index >= 15 is 0 Å². The molecule has 0 aromatic rings. The molecule has 5 unspecified atom stereocenters. The van der Waals surface area contributed by atoms with Crippen LogP contribution in [-0.4, -0.2) is 17.9 Å². The maximum atomic E-state index is 8.04. The highest BCUT2D eigenvalue weighted by molar-refractivity contribution is 5.93. The van der Waals surface area contributed by atoms with E-state index in [0.717, 1.165) is 54.2 Å². The van der Waals surface area contributed by atoms with E-state index < -0.39 is 0 Å². The number of allylic oxidation sites excluding steroid dienone is 2. The third-order valence-electron chi connectivity index (χ3n) is 9.12. The van der Waals surface area contributed by atoms with Crippen LogP contribution < -0.4 is 0 Å². The first-order valence-corrected chi connectivity index (χ1v) is 10.2. The number of hydrogen-bond acceptors (Lipinski definition) is 2. The fourth-order valence-corrected chi connectivity index (χ4v) is 8.28. The molecule has 0 amide bonds. The molecule has 2 heteroatoms. The molecule has 0 aromatic carbocycles. The van der Waals surface area contributed by atoms with Gasteiger partial charge in [0.15, 0.2) is 0 Å². The molecule has 1 aliphatic heterocycles. The molecule has 128 valence electrons. The van der Waals surface area contributed by atoms with Gasteiger partial charge in [-0.25, -0.2) is 0 Å². The predicted octanol–water partition coefficient (Wildman–Crippen LogP) is 4.76. The molecule has 0 aromatic heterocycles. The molecule has 0 bridgehead atoms. The van der Waals surface area contributed by atoms with Crippen molar-refractivity contribution in [2.45, 2.75) is 57.5 Å². The van der Waals surface area contributed by atoms with Gasteiger partial charge in [-0.1, -0.05) is 24.6 Å². The first-order chi connectivity index (χ1) is 11.6. The Morgan fingerprint density at radius 1 is 1.12 bits per heavy atom. The monoisotopic (exact) mass is 323 g/mol. The molecule has 1 spiro atoms.